The molecule has 1 atom stereocenters. The van der Waals surface area contributed by atoms with Crippen molar-refractivity contribution in [3.63, 3.8) is 0 Å². The predicted octanol–water partition coefficient (Wildman–Crippen LogP) is -2.10. The number of halogens is 2. The van der Waals surface area contributed by atoms with Crippen molar-refractivity contribution in [2.24, 2.45) is 5.92 Å². The maximum absolute atomic E-state index is 12.6. The number of carbonyl (C=O) groups is 1. The zero-order valence-corrected chi connectivity index (χ0v) is 24.4. The van der Waals surface area contributed by atoms with E-state index in [2.05, 4.69) is 48.4 Å². The van der Waals surface area contributed by atoms with Gasteiger partial charge in [0.15, 0.2) is 0 Å². The third-order valence-electron chi connectivity index (χ3n) is 5.75. The summed E-state index contributed by atoms with van der Waals surface area (Å²) < 4.78 is 16.0. The second-order valence-electron chi connectivity index (χ2n) is 8.38. The van der Waals surface area contributed by atoms with Gasteiger partial charge >= 0.3 is 178 Å². The first-order chi connectivity index (χ1) is 16.1. The molecule has 0 fully saturated rings. The fourth-order valence-electron chi connectivity index (χ4n) is 3.82. The average molecular weight is 675 g/mol. The van der Waals surface area contributed by atoms with E-state index in [1.54, 1.807) is 0 Å². The Morgan fingerprint density at radius 3 is 2.58 bits per heavy atom. The third-order valence-corrected chi connectivity index (χ3v) is 10.4. The summed E-state index contributed by atoms with van der Waals surface area (Å²) in [7, 11) is -0.686. The first kappa shape index (κ1) is 26.8. The fourth-order valence-corrected chi connectivity index (χ4v) is 7.58. The minimum atomic E-state index is -0.686. The Kier molecular flexibility index (Phi) is 11.8. The number of benzene rings is 2. The molecule has 1 aliphatic rings. The molecule has 0 aromatic heterocycles. The molecular formula is C26H36BI2NO3-2. The number of unbranched alkanes of at least 4 members (excludes halogenated alkanes) is 1. The molecule has 1 aliphatic heterocycles. The number of fused-ring (bicyclic) bond motifs is 1. The number of hydrogen-bond acceptors (Lipinski definition) is 4. The van der Waals surface area contributed by atoms with Crippen LogP contribution in [0.3, 0.4) is 0 Å². The summed E-state index contributed by atoms with van der Waals surface area (Å²) in [4.78, 5) is 15.0. The van der Waals surface area contributed by atoms with Gasteiger partial charge in [0.05, 0.1) is 0 Å². The second-order valence-corrected chi connectivity index (χ2v) is 14.5. The van der Waals surface area contributed by atoms with Gasteiger partial charge in [-0.15, -0.1) is 0 Å². The van der Waals surface area contributed by atoms with Crippen LogP contribution >= 0.6 is 0 Å². The van der Waals surface area contributed by atoms with E-state index in [0.29, 0.717) is 53.7 Å². The third kappa shape index (κ3) is 8.42. The van der Waals surface area contributed by atoms with Crippen molar-refractivity contribution in [1.29, 1.82) is 0 Å². The molecule has 3 rings (SSSR count). The second kappa shape index (κ2) is 14.6. The molecule has 0 saturated carbocycles. The van der Waals surface area contributed by atoms with Crippen molar-refractivity contribution in [3.05, 3.63) is 59.2 Å². The van der Waals surface area contributed by atoms with Gasteiger partial charge < -0.3 is 5.32 Å². The molecule has 33 heavy (non-hydrogen) atoms. The Bertz CT molecular complexity index is 870. The van der Waals surface area contributed by atoms with Crippen LogP contribution in [0.5, 0.6) is 5.75 Å². The van der Waals surface area contributed by atoms with Crippen molar-refractivity contribution in [2.75, 3.05) is 24.8 Å². The molecule has 1 heterocycles. The molecule has 1 unspecified atom stereocenters. The van der Waals surface area contributed by atoms with Crippen molar-refractivity contribution >= 4 is 18.6 Å². The van der Waals surface area contributed by atoms with Crippen molar-refractivity contribution in [1.82, 2.24) is 5.32 Å². The van der Waals surface area contributed by atoms with Gasteiger partial charge in [0.2, 0.25) is 0 Å². The van der Waals surface area contributed by atoms with Crippen LogP contribution in [-0.4, -0.2) is 37.8 Å². The summed E-state index contributed by atoms with van der Waals surface area (Å²) in [5, 5.41) is 3.44. The molecule has 2 aromatic rings. The summed E-state index contributed by atoms with van der Waals surface area (Å²) >= 11 is 0.721. The zero-order valence-electron chi connectivity index (χ0n) is 20.0. The van der Waals surface area contributed by atoms with Crippen LogP contribution in [0.1, 0.15) is 54.6 Å². The Morgan fingerprint density at radius 2 is 1.85 bits per heavy atom. The molecule has 0 bridgehead atoms. The Labute approximate surface area is 220 Å². The Morgan fingerprint density at radius 1 is 1.06 bits per heavy atom. The van der Waals surface area contributed by atoms with E-state index in [1.165, 1.54) is 31.7 Å². The molecule has 7 heteroatoms. The van der Waals surface area contributed by atoms with Gasteiger partial charge in [-0.2, -0.15) is 0 Å². The van der Waals surface area contributed by atoms with Crippen molar-refractivity contribution < 1.29 is 56.5 Å². The van der Waals surface area contributed by atoms with Crippen molar-refractivity contribution in [2.45, 2.75) is 46.1 Å². The number of alkyl halides is 4. The molecule has 182 valence electrons. The Hall–Kier alpha value is -0.805. The fraction of sp³-hybridized carbons (Fsp3) is 0.500. The summed E-state index contributed by atoms with van der Waals surface area (Å²) in [6.07, 6.45) is 4.87. The van der Waals surface area contributed by atoms with Gasteiger partial charge in [0, 0.05) is 6.54 Å². The molecule has 0 aliphatic carbocycles. The van der Waals surface area contributed by atoms with Crippen LogP contribution in [0.15, 0.2) is 42.5 Å². The van der Waals surface area contributed by atoms with Crippen LogP contribution in [0, 0.1) is 5.92 Å². The van der Waals surface area contributed by atoms with Gasteiger partial charge in [-0.3, -0.25) is 0 Å². The number of carbonyl (C=O) groups excluding carboxylic acids is 1. The van der Waals surface area contributed by atoms with Crippen LogP contribution < -0.4 is 57.8 Å². The number of rotatable bonds is 14. The van der Waals surface area contributed by atoms with E-state index in [4.69, 9.17) is 9.31 Å². The van der Waals surface area contributed by atoms with E-state index in [-0.39, 0.29) is 5.97 Å². The molecule has 0 radical (unpaired) electrons. The monoisotopic (exact) mass is 675 g/mol. The van der Waals surface area contributed by atoms with Gasteiger partial charge in [0.1, 0.15) is 0 Å². The molecule has 0 saturated heterocycles. The number of nitrogens with one attached hydrogen (secondary N) is 1. The van der Waals surface area contributed by atoms with Gasteiger partial charge in [-0.05, 0) is 13.0 Å². The van der Waals surface area contributed by atoms with Gasteiger partial charge in [0.25, 0.3) is 0 Å². The van der Waals surface area contributed by atoms with Crippen LogP contribution in [0.25, 0.3) is 0 Å². The predicted molar refractivity (Wildman–Crippen MR) is 129 cm³/mol. The summed E-state index contributed by atoms with van der Waals surface area (Å²) in [5.74, 6) is 1.12. The Balaban J connectivity index is 1.64. The first-order valence-electron chi connectivity index (χ1n) is 11.9. The summed E-state index contributed by atoms with van der Waals surface area (Å²) in [6, 6.07) is 14.2. The zero-order chi connectivity index (χ0) is 23.5. The molecule has 1 N–H and O–H groups in total. The maximum atomic E-state index is 12.6. The van der Waals surface area contributed by atoms with Crippen LogP contribution in [0.4, 0.5) is 0 Å². The molecular weight excluding hydrogens is 639 g/mol. The molecule has 4 nitrogen and oxygen atoms in total. The standard InChI is InChI=1S/C26H36BI2NO3/c1-4-6-15-30-19-22-9-12-24-25(17-22)32-27(33-26(24)31)23-10-7-20(8-11-23)16-21(13-14-28-3)18-29-5-2/h7-12,17,21,30H,4-6,13-16,18-19H2,1-3H3/q-2. The van der Waals surface area contributed by atoms with E-state index in [1.807, 2.05) is 18.2 Å². The summed E-state index contributed by atoms with van der Waals surface area (Å²) in [6.45, 7) is 6.27. The van der Waals surface area contributed by atoms with Gasteiger partial charge in [-0.1, -0.05) is 19.4 Å². The van der Waals surface area contributed by atoms with Crippen LogP contribution in [0.2, 0.25) is 0 Å². The molecule has 0 spiro atoms. The SMILES string of the molecule is CCCCNCc1ccc2c(c1)OB(c1ccc(CC(CC[I-]C)C[I-]CC)cc1)OC2=O. The van der Waals surface area contributed by atoms with Crippen LogP contribution in [-0.2, 0) is 17.6 Å². The van der Waals surface area contributed by atoms with E-state index in [9.17, 15) is 4.79 Å². The molecule has 2 aromatic carbocycles. The first-order valence-corrected chi connectivity index (χ1v) is 18.6. The number of hydrogen-bond donors (Lipinski definition) is 1. The van der Waals surface area contributed by atoms with Crippen molar-refractivity contribution in [3.8, 4) is 5.75 Å². The summed E-state index contributed by atoms with van der Waals surface area (Å²) in [5.41, 5.74) is 3.88. The van der Waals surface area contributed by atoms with E-state index >= 15 is 0 Å². The quantitative estimate of drug-likeness (QED) is 0.108. The topological polar surface area (TPSA) is 47.6 Å². The van der Waals surface area contributed by atoms with E-state index < -0.39 is 7.12 Å². The minimum absolute atomic E-state index is 0.317. The average Bonchev–Trinajstić information content (AvgIpc) is 2.83. The molecule has 0 amide bonds. The van der Waals surface area contributed by atoms with Gasteiger partial charge in [-0.25, -0.2) is 0 Å². The normalized spacial score (nSPS) is 14.2. The van der Waals surface area contributed by atoms with E-state index in [0.717, 1.165) is 42.9 Å².